The first-order valence-corrected chi connectivity index (χ1v) is 10.4. The highest BCUT2D eigenvalue weighted by atomic mass is 127. The number of hydrogen-bond acceptors (Lipinski definition) is 4. The van der Waals surface area contributed by atoms with E-state index in [1.807, 2.05) is 0 Å². The number of aliphatic imine (C=N–C) groups is 1. The number of thiophene rings is 1. The number of guanidine groups is 1. The SMILES string of the molecule is CCNC(=NCC(C)c1ccsc1)NCC1CN(CC(C)C)CCO1.I. The van der Waals surface area contributed by atoms with Crippen LogP contribution in [-0.2, 0) is 4.74 Å². The lowest BCUT2D eigenvalue weighted by Gasteiger charge is -2.34. The van der Waals surface area contributed by atoms with Crippen molar-refractivity contribution >= 4 is 41.3 Å². The fraction of sp³-hybridized carbons (Fsp3) is 0.737. The molecule has 2 rings (SSSR count). The fourth-order valence-electron chi connectivity index (χ4n) is 3.03. The van der Waals surface area contributed by atoms with Gasteiger partial charge in [0.25, 0.3) is 0 Å². The van der Waals surface area contributed by atoms with Gasteiger partial charge in [0.05, 0.1) is 12.7 Å². The fourth-order valence-corrected chi connectivity index (χ4v) is 3.81. The maximum Gasteiger partial charge on any atom is 0.191 e. The Morgan fingerprint density at radius 3 is 2.85 bits per heavy atom. The van der Waals surface area contributed by atoms with Crippen molar-refractivity contribution < 1.29 is 4.74 Å². The Hall–Kier alpha value is -0.380. The second-order valence-electron chi connectivity index (χ2n) is 7.20. The van der Waals surface area contributed by atoms with Crippen LogP contribution in [0.1, 0.15) is 39.2 Å². The molecule has 2 heterocycles. The predicted octanol–water partition coefficient (Wildman–Crippen LogP) is 3.38. The summed E-state index contributed by atoms with van der Waals surface area (Å²) in [7, 11) is 0. The molecule has 0 radical (unpaired) electrons. The molecule has 0 saturated carbocycles. The van der Waals surface area contributed by atoms with Crippen LogP contribution >= 0.6 is 35.3 Å². The molecule has 5 nitrogen and oxygen atoms in total. The Balaban J connectivity index is 0.00000338. The third kappa shape index (κ3) is 8.54. The number of nitrogens with one attached hydrogen (secondary N) is 2. The third-order valence-corrected chi connectivity index (χ3v) is 5.02. The number of halogens is 1. The molecular weight excluding hydrogens is 459 g/mol. The van der Waals surface area contributed by atoms with E-state index in [1.165, 1.54) is 5.56 Å². The van der Waals surface area contributed by atoms with Gasteiger partial charge in [-0.1, -0.05) is 20.8 Å². The predicted molar refractivity (Wildman–Crippen MR) is 123 cm³/mol. The van der Waals surface area contributed by atoms with Crippen LogP contribution in [0.25, 0.3) is 0 Å². The van der Waals surface area contributed by atoms with E-state index in [9.17, 15) is 0 Å². The highest BCUT2D eigenvalue weighted by Gasteiger charge is 2.21. The van der Waals surface area contributed by atoms with Gasteiger partial charge in [-0.05, 0) is 35.2 Å². The van der Waals surface area contributed by atoms with E-state index in [-0.39, 0.29) is 30.1 Å². The van der Waals surface area contributed by atoms with Crippen molar-refractivity contribution in [1.82, 2.24) is 15.5 Å². The Labute approximate surface area is 180 Å². The second kappa shape index (κ2) is 12.9. The molecule has 0 aromatic carbocycles. The topological polar surface area (TPSA) is 48.9 Å². The monoisotopic (exact) mass is 494 g/mol. The lowest BCUT2D eigenvalue weighted by Crippen LogP contribution is -2.50. The molecule has 7 heteroatoms. The maximum atomic E-state index is 5.92. The molecule has 1 fully saturated rings. The van der Waals surface area contributed by atoms with Crippen LogP contribution in [0.3, 0.4) is 0 Å². The second-order valence-corrected chi connectivity index (χ2v) is 7.98. The first-order chi connectivity index (χ1) is 12.1. The zero-order valence-corrected chi connectivity index (χ0v) is 19.7. The molecule has 0 aliphatic carbocycles. The largest absolute Gasteiger partial charge is 0.374 e. The van der Waals surface area contributed by atoms with E-state index in [1.54, 1.807) is 11.3 Å². The van der Waals surface area contributed by atoms with Crippen molar-refractivity contribution in [2.24, 2.45) is 10.9 Å². The van der Waals surface area contributed by atoms with E-state index in [2.05, 4.69) is 60.1 Å². The van der Waals surface area contributed by atoms with Gasteiger partial charge < -0.3 is 15.4 Å². The van der Waals surface area contributed by atoms with Crippen LogP contribution in [0.2, 0.25) is 0 Å². The van der Waals surface area contributed by atoms with Crippen molar-refractivity contribution in [3.8, 4) is 0 Å². The zero-order valence-electron chi connectivity index (χ0n) is 16.5. The van der Waals surface area contributed by atoms with Gasteiger partial charge in [-0.3, -0.25) is 9.89 Å². The van der Waals surface area contributed by atoms with Crippen molar-refractivity contribution in [2.45, 2.75) is 39.7 Å². The molecule has 26 heavy (non-hydrogen) atoms. The molecule has 2 N–H and O–H groups in total. The summed E-state index contributed by atoms with van der Waals surface area (Å²) in [5, 5.41) is 11.1. The molecule has 2 atom stereocenters. The molecule has 1 aromatic heterocycles. The Bertz CT molecular complexity index is 510. The summed E-state index contributed by atoms with van der Waals surface area (Å²) in [5.74, 6) is 2.02. The van der Waals surface area contributed by atoms with Crippen LogP contribution in [0.5, 0.6) is 0 Å². The lowest BCUT2D eigenvalue weighted by atomic mass is 10.1. The van der Waals surface area contributed by atoms with Gasteiger partial charge in [0.1, 0.15) is 0 Å². The van der Waals surface area contributed by atoms with E-state index in [0.29, 0.717) is 11.8 Å². The summed E-state index contributed by atoms with van der Waals surface area (Å²) >= 11 is 1.74. The summed E-state index contributed by atoms with van der Waals surface area (Å²) in [6.07, 6.45) is 0.227. The van der Waals surface area contributed by atoms with Crippen molar-refractivity contribution in [3.63, 3.8) is 0 Å². The summed E-state index contributed by atoms with van der Waals surface area (Å²) < 4.78 is 5.92. The summed E-state index contributed by atoms with van der Waals surface area (Å²) in [6.45, 7) is 15.3. The molecule has 150 valence electrons. The standard InChI is InChI=1S/C19H34N4OS.HI/c1-5-20-19(21-10-16(4)17-6-9-25-14-17)22-11-18-13-23(7-8-24-18)12-15(2)3;/h6,9,14-16,18H,5,7-8,10-13H2,1-4H3,(H2,20,21,22);1H. The van der Waals surface area contributed by atoms with Gasteiger partial charge in [-0.15, -0.1) is 24.0 Å². The minimum Gasteiger partial charge on any atom is -0.374 e. The van der Waals surface area contributed by atoms with Crippen LogP contribution in [0, 0.1) is 5.92 Å². The number of morpholine rings is 1. The molecule has 2 unspecified atom stereocenters. The maximum absolute atomic E-state index is 5.92. The van der Waals surface area contributed by atoms with Crippen LogP contribution in [-0.4, -0.2) is 62.8 Å². The Morgan fingerprint density at radius 2 is 2.19 bits per heavy atom. The van der Waals surface area contributed by atoms with Gasteiger partial charge >= 0.3 is 0 Å². The average molecular weight is 494 g/mol. The highest BCUT2D eigenvalue weighted by molar-refractivity contribution is 14.0. The van der Waals surface area contributed by atoms with Crippen LogP contribution in [0.4, 0.5) is 0 Å². The molecule has 1 saturated heterocycles. The first-order valence-electron chi connectivity index (χ1n) is 9.46. The molecule has 0 bridgehead atoms. The van der Waals surface area contributed by atoms with Crippen LogP contribution < -0.4 is 10.6 Å². The number of nitrogens with zero attached hydrogens (tertiary/aromatic N) is 2. The number of rotatable bonds is 8. The van der Waals surface area contributed by atoms with Crippen molar-refractivity contribution in [3.05, 3.63) is 22.4 Å². The quantitative estimate of drug-likeness (QED) is 0.331. The van der Waals surface area contributed by atoms with E-state index in [0.717, 1.165) is 51.8 Å². The summed E-state index contributed by atoms with van der Waals surface area (Å²) in [6, 6.07) is 2.18. The van der Waals surface area contributed by atoms with Crippen molar-refractivity contribution in [2.75, 3.05) is 45.9 Å². The number of ether oxygens (including phenoxy) is 1. The van der Waals surface area contributed by atoms with E-state index >= 15 is 0 Å². The minimum absolute atomic E-state index is 0. The molecule has 0 amide bonds. The Kier molecular flexibility index (Phi) is 11.7. The highest BCUT2D eigenvalue weighted by Crippen LogP contribution is 2.18. The van der Waals surface area contributed by atoms with Crippen molar-refractivity contribution in [1.29, 1.82) is 0 Å². The van der Waals surface area contributed by atoms with E-state index < -0.39 is 0 Å². The molecule has 1 aromatic rings. The number of hydrogen-bond donors (Lipinski definition) is 2. The molecule has 1 aliphatic rings. The summed E-state index contributed by atoms with van der Waals surface area (Å²) in [4.78, 5) is 7.25. The first kappa shape index (κ1) is 23.7. The summed E-state index contributed by atoms with van der Waals surface area (Å²) in [5.41, 5.74) is 1.37. The van der Waals surface area contributed by atoms with Gasteiger partial charge in [-0.25, -0.2) is 0 Å². The molecule has 1 aliphatic heterocycles. The van der Waals surface area contributed by atoms with Crippen LogP contribution in [0.15, 0.2) is 21.8 Å². The zero-order chi connectivity index (χ0) is 18.1. The molecular formula is C19H35IN4OS. The van der Waals surface area contributed by atoms with Gasteiger partial charge in [0, 0.05) is 45.2 Å². The Morgan fingerprint density at radius 1 is 1.38 bits per heavy atom. The smallest absolute Gasteiger partial charge is 0.191 e. The average Bonchev–Trinajstić information content (AvgIpc) is 3.11. The van der Waals surface area contributed by atoms with Gasteiger partial charge in [-0.2, -0.15) is 11.3 Å². The van der Waals surface area contributed by atoms with Gasteiger partial charge in [0.2, 0.25) is 0 Å². The minimum atomic E-state index is 0. The van der Waals surface area contributed by atoms with E-state index in [4.69, 9.17) is 9.73 Å². The molecule has 0 spiro atoms. The normalized spacial score (nSPS) is 19.9. The third-order valence-electron chi connectivity index (χ3n) is 4.32. The van der Waals surface area contributed by atoms with Gasteiger partial charge in [0.15, 0.2) is 5.96 Å². The lowest BCUT2D eigenvalue weighted by molar-refractivity contribution is -0.0284.